The van der Waals surface area contributed by atoms with Crippen LogP contribution in [0.2, 0.25) is 0 Å². The van der Waals surface area contributed by atoms with Gasteiger partial charge in [-0.05, 0) is 82.2 Å². The van der Waals surface area contributed by atoms with E-state index in [1.165, 1.54) is 37.9 Å². The first-order valence-electron chi connectivity index (χ1n) is 13.2. The number of amides is 2. The standard InChI is InChI=1S/C29H28F4N6O2S/c1-18(40)35-12-15-37-13-10-19(11-14-37)4-6-21-7-8-22(17-36-21)39-27(42)38(26(41)28(39,2)3)23-9-5-20(16-34)24(25(23)30)29(31,32)33/h5,7-9,17,19H,10-15H2,1-3H3,(H,35,40). The number of nitriles is 1. The number of piperidine rings is 1. The Balaban J connectivity index is 1.50. The van der Waals surface area contributed by atoms with Gasteiger partial charge in [0.2, 0.25) is 5.91 Å². The Morgan fingerprint density at radius 2 is 1.90 bits per heavy atom. The van der Waals surface area contributed by atoms with Crippen LogP contribution in [0.3, 0.4) is 0 Å². The van der Waals surface area contributed by atoms with Crippen LogP contribution in [-0.2, 0) is 15.8 Å². The normalized spacial score (nSPS) is 17.6. The second-order valence-electron chi connectivity index (χ2n) is 10.5. The van der Waals surface area contributed by atoms with Crippen molar-refractivity contribution in [3.05, 3.63) is 53.1 Å². The smallest absolute Gasteiger partial charge is 0.355 e. The van der Waals surface area contributed by atoms with E-state index in [0.717, 1.165) is 49.5 Å². The zero-order valence-corrected chi connectivity index (χ0v) is 24.0. The summed E-state index contributed by atoms with van der Waals surface area (Å²) in [4.78, 5) is 33.2. The lowest BCUT2D eigenvalue weighted by molar-refractivity contribution is -0.140. The van der Waals surface area contributed by atoms with Crippen LogP contribution in [0, 0.1) is 34.9 Å². The number of halogens is 4. The van der Waals surface area contributed by atoms with Gasteiger partial charge in [-0.15, -0.1) is 0 Å². The fourth-order valence-electron chi connectivity index (χ4n) is 5.01. The van der Waals surface area contributed by atoms with Gasteiger partial charge < -0.3 is 15.1 Å². The summed E-state index contributed by atoms with van der Waals surface area (Å²) in [6, 6.07) is 6.40. The van der Waals surface area contributed by atoms with E-state index < -0.39 is 40.3 Å². The number of aromatic nitrogens is 1. The highest BCUT2D eigenvalue weighted by molar-refractivity contribution is 7.81. The second-order valence-corrected chi connectivity index (χ2v) is 10.9. The third-order valence-electron chi connectivity index (χ3n) is 7.23. The summed E-state index contributed by atoms with van der Waals surface area (Å²) in [6.07, 6.45) is -1.92. The number of rotatable bonds is 5. The van der Waals surface area contributed by atoms with Crippen molar-refractivity contribution in [3.8, 4) is 17.9 Å². The van der Waals surface area contributed by atoms with E-state index in [2.05, 4.69) is 27.0 Å². The summed E-state index contributed by atoms with van der Waals surface area (Å²) in [5, 5.41) is 11.6. The number of nitrogens with zero attached hydrogens (tertiary/aromatic N) is 5. The molecule has 0 radical (unpaired) electrons. The zero-order valence-electron chi connectivity index (χ0n) is 23.2. The van der Waals surface area contributed by atoms with Crippen molar-refractivity contribution in [3.63, 3.8) is 0 Å². The summed E-state index contributed by atoms with van der Waals surface area (Å²) in [7, 11) is 0. The lowest BCUT2D eigenvalue weighted by atomic mass is 9.97. The SMILES string of the molecule is CC(=O)NCCN1CCC(C#Cc2ccc(N3C(=S)N(c4ccc(C#N)c(C(F)(F)F)c4F)C(=O)C3(C)C)cn2)CC1. The number of alkyl halides is 3. The molecule has 0 bridgehead atoms. The number of anilines is 2. The molecule has 3 heterocycles. The maximum Gasteiger partial charge on any atom is 0.420 e. The number of hydrogen-bond acceptors (Lipinski definition) is 6. The molecular weight excluding hydrogens is 572 g/mol. The summed E-state index contributed by atoms with van der Waals surface area (Å²) < 4.78 is 56.0. The van der Waals surface area contributed by atoms with Gasteiger partial charge in [-0.25, -0.2) is 9.37 Å². The van der Waals surface area contributed by atoms with Crippen LogP contribution in [0.4, 0.5) is 28.9 Å². The molecule has 1 aromatic heterocycles. The lowest BCUT2D eigenvalue weighted by Crippen LogP contribution is -2.44. The zero-order chi connectivity index (χ0) is 30.8. The monoisotopic (exact) mass is 600 g/mol. The number of nitrogens with one attached hydrogen (secondary N) is 1. The van der Waals surface area contributed by atoms with Gasteiger partial charge in [0, 0.05) is 25.9 Å². The molecule has 8 nitrogen and oxygen atoms in total. The maximum absolute atomic E-state index is 15.2. The van der Waals surface area contributed by atoms with Gasteiger partial charge in [0.1, 0.15) is 16.8 Å². The number of likely N-dealkylation sites (tertiary alicyclic amines) is 1. The van der Waals surface area contributed by atoms with Crippen LogP contribution in [0.25, 0.3) is 0 Å². The fraction of sp³-hybridized carbons (Fsp3) is 0.414. The predicted molar refractivity (Wildman–Crippen MR) is 152 cm³/mol. The Labute approximate surface area is 246 Å². The summed E-state index contributed by atoms with van der Waals surface area (Å²) in [6.45, 7) is 7.68. The van der Waals surface area contributed by atoms with Crippen LogP contribution in [0.5, 0.6) is 0 Å². The van der Waals surface area contributed by atoms with Crippen LogP contribution in [0.1, 0.15) is 50.4 Å². The molecule has 0 atom stereocenters. The topological polar surface area (TPSA) is 92.6 Å². The summed E-state index contributed by atoms with van der Waals surface area (Å²) >= 11 is 5.47. The number of carbonyl (C=O) groups excluding carboxylic acids is 2. The molecule has 42 heavy (non-hydrogen) atoms. The van der Waals surface area contributed by atoms with Crippen LogP contribution in [0.15, 0.2) is 30.5 Å². The van der Waals surface area contributed by atoms with Crippen LogP contribution < -0.4 is 15.1 Å². The molecule has 1 N–H and O–H groups in total. The molecule has 0 spiro atoms. The summed E-state index contributed by atoms with van der Waals surface area (Å²) in [5.41, 5.74) is -3.85. The lowest BCUT2D eigenvalue weighted by Gasteiger charge is -2.29. The van der Waals surface area contributed by atoms with E-state index in [4.69, 9.17) is 17.5 Å². The molecule has 13 heteroatoms. The molecule has 2 saturated heterocycles. The first-order chi connectivity index (χ1) is 19.8. The van der Waals surface area contributed by atoms with E-state index in [1.807, 2.05) is 0 Å². The Morgan fingerprint density at radius 3 is 2.48 bits per heavy atom. The molecular formula is C29H28F4N6O2S. The molecule has 2 aliphatic heterocycles. The minimum absolute atomic E-state index is 0.0481. The van der Waals surface area contributed by atoms with Crippen molar-refractivity contribution in [1.82, 2.24) is 15.2 Å². The molecule has 0 unspecified atom stereocenters. The van der Waals surface area contributed by atoms with Gasteiger partial charge in [-0.2, -0.15) is 18.4 Å². The van der Waals surface area contributed by atoms with Gasteiger partial charge in [-0.1, -0.05) is 5.92 Å². The van der Waals surface area contributed by atoms with Crippen LogP contribution >= 0.6 is 12.2 Å². The molecule has 2 fully saturated rings. The predicted octanol–water partition coefficient (Wildman–Crippen LogP) is 4.23. The number of carbonyl (C=O) groups is 2. The molecule has 0 saturated carbocycles. The van der Waals surface area contributed by atoms with Crippen molar-refractivity contribution in [1.29, 1.82) is 5.26 Å². The van der Waals surface area contributed by atoms with E-state index in [-0.39, 0.29) is 16.9 Å². The number of benzene rings is 1. The Hall–Kier alpha value is -4.07. The van der Waals surface area contributed by atoms with Crippen molar-refractivity contribution in [2.75, 3.05) is 36.0 Å². The number of thiocarbonyl (C=S) groups is 1. The largest absolute Gasteiger partial charge is 0.420 e. The Kier molecular flexibility index (Phi) is 8.85. The van der Waals surface area contributed by atoms with E-state index in [9.17, 15) is 22.8 Å². The number of pyridine rings is 1. The molecule has 220 valence electrons. The second kappa shape index (κ2) is 12.0. The molecule has 1 aromatic carbocycles. The average Bonchev–Trinajstić information content (AvgIpc) is 3.10. The highest BCUT2D eigenvalue weighted by Crippen LogP contribution is 2.41. The van der Waals surface area contributed by atoms with Crippen LogP contribution in [-0.4, -0.2) is 58.5 Å². The van der Waals surface area contributed by atoms with Crippen molar-refractivity contribution in [2.45, 2.75) is 45.3 Å². The molecule has 0 aliphatic carbocycles. The average molecular weight is 601 g/mol. The molecule has 2 amide bonds. The highest BCUT2D eigenvalue weighted by Gasteiger charge is 2.52. The minimum Gasteiger partial charge on any atom is -0.355 e. The first-order valence-corrected chi connectivity index (χ1v) is 13.6. The third kappa shape index (κ3) is 6.22. The van der Waals surface area contributed by atoms with Crippen molar-refractivity contribution >= 4 is 40.5 Å². The van der Waals surface area contributed by atoms with Gasteiger partial charge >= 0.3 is 6.18 Å². The Morgan fingerprint density at radius 1 is 1.21 bits per heavy atom. The first kappa shape index (κ1) is 30.9. The Bertz CT molecular complexity index is 1500. The van der Waals surface area contributed by atoms with Crippen molar-refractivity contribution < 1.29 is 27.2 Å². The van der Waals surface area contributed by atoms with E-state index >= 15 is 4.39 Å². The fourth-order valence-corrected chi connectivity index (χ4v) is 5.52. The number of hydrogen-bond donors (Lipinski definition) is 1. The summed E-state index contributed by atoms with van der Waals surface area (Å²) in [5.74, 6) is 3.98. The van der Waals surface area contributed by atoms with E-state index in [1.54, 1.807) is 12.1 Å². The van der Waals surface area contributed by atoms with Crippen molar-refractivity contribution in [2.24, 2.45) is 5.92 Å². The molecule has 2 aliphatic rings. The molecule has 4 rings (SSSR count). The van der Waals surface area contributed by atoms with Gasteiger partial charge in [0.15, 0.2) is 10.9 Å². The maximum atomic E-state index is 15.2. The molecule has 2 aromatic rings. The third-order valence-corrected chi connectivity index (χ3v) is 7.60. The van der Waals surface area contributed by atoms with Gasteiger partial charge in [0.05, 0.1) is 29.2 Å². The quantitative estimate of drug-likeness (QED) is 0.312. The minimum atomic E-state index is -5.16. The van der Waals surface area contributed by atoms with E-state index in [0.29, 0.717) is 17.9 Å². The van der Waals surface area contributed by atoms with Gasteiger partial charge in [-0.3, -0.25) is 14.5 Å². The van der Waals surface area contributed by atoms with Gasteiger partial charge in [0.25, 0.3) is 5.91 Å². The highest BCUT2D eigenvalue weighted by atomic mass is 32.1.